The highest BCUT2D eigenvalue weighted by Crippen LogP contribution is 2.38. The number of pyridine rings is 1. The summed E-state index contributed by atoms with van der Waals surface area (Å²) in [4.78, 5) is 51.2. The number of hydrogen-bond acceptors (Lipinski definition) is 8. The number of anilines is 1. The number of nitrogens with one attached hydrogen (secondary N) is 2. The van der Waals surface area contributed by atoms with E-state index in [1.54, 1.807) is 43.3 Å². The van der Waals surface area contributed by atoms with Gasteiger partial charge in [-0.1, -0.05) is 18.2 Å². The lowest BCUT2D eigenvalue weighted by Crippen LogP contribution is -2.39. The number of halogens is 5. The predicted octanol–water partition coefficient (Wildman–Crippen LogP) is 5.29. The average Bonchev–Trinajstić information content (AvgIpc) is 3.38. The molecule has 0 aliphatic carbocycles. The van der Waals surface area contributed by atoms with E-state index >= 15 is 0 Å². The molecule has 48 heavy (non-hydrogen) atoms. The second-order valence-electron chi connectivity index (χ2n) is 10.6. The molecule has 0 bridgehead atoms. The first-order valence-corrected chi connectivity index (χ1v) is 14.8. The number of hydroxylamine groups is 1. The zero-order chi connectivity index (χ0) is 34.7. The second kappa shape index (κ2) is 13.9. The van der Waals surface area contributed by atoms with Gasteiger partial charge in [0.2, 0.25) is 0 Å². The Morgan fingerprint density at radius 2 is 1.69 bits per heavy atom. The number of ether oxygens (including phenoxy) is 1. The lowest BCUT2D eigenvalue weighted by Gasteiger charge is -2.15. The molecule has 0 saturated carbocycles. The first-order valence-electron chi connectivity index (χ1n) is 14.0. The van der Waals surface area contributed by atoms with Crippen LogP contribution in [-0.4, -0.2) is 59.0 Å². The summed E-state index contributed by atoms with van der Waals surface area (Å²) in [5, 5.41) is 2.65. The highest BCUT2D eigenvalue weighted by molar-refractivity contribution is 7.22. The van der Waals surface area contributed by atoms with Crippen LogP contribution >= 0.6 is 11.3 Å². The average molecular weight is 691 g/mol. The smallest absolute Gasteiger partial charge is 0.422 e. The lowest BCUT2D eigenvalue weighted by atomic mass is 10.1. The Bertz CT molecular complexity index is 2060. The number of amides is 2. The Kier molecular flexibility index (Phi) is 9.92. The van der Waals surface area contributed by atoms with Crippen molar-refractivity contribution in [3.8, 4) is 22.0 Å². The number of thiophene rings is 1. The van der Waals surface area contributed by atoms with Crippen LogP contribution in [0.5, 0.6) is 5.75 Å². The molecule has 11 nitrogen and oxygen atoms in total. The number of benzene rings is 2. The highest BCUT2D eigenvalue weighted by atomic mass is 32.1. The van der Waals surface area contributed by atoms with Crippen LogP contribution in [0.1, 0.15) is 11.1 Å². The number of fused-ring (bicyclic) bond motifs is 1. The van der Waals surface area contributed by atoms with Crippen LogP contribution in [0.25, 0.3) is 26.5 Å². The standard InChI is InChI=1S/C31H27F5N6O5S/c1-40(2)14-21-25-27(43)42(24-12-11-19(13-37-24)47-16-31(34,35)36)30(45)41(15-20-22(32)5-4-6-23(20)33)28(25)48-26(21)17-7-9-18(10-8-17)38-29(44)39-46-3/h4-13H,14-16H2,1-3H3,(H2,38,39,44). The number of hydrogen-bond donors (Lipinski definition) is 2. The Balaban J connectivity index is 1.73. The molecule has 3 aromatic heterocycles. The highest BCUT2D eigenvalue weighted by Gasteiger charge is 2.29. The van der Waals surface area contributed by atoms with Gasteiger partial charge in [-0.05, 0) is 61.6 Å². The quantitative estimate of drug-likeness (QED) is 0.151. The number of nitrogens with zero attached hydrogens (tertiary/aromatic N) is 4. The van der Waals surface area contributed by atoms with Gasteiger partial charge in [0.05, 0.1) is 25.2 Å². The molecule has 0 saturated heterocycles. The second-order valence-corrected chi connectivity index (χ2v) is 11.6. The number of alkyl halides is 3. The van der Waals surface area contributed by atoms with Crippen molar-refractivity contribution in [2.24, 2.45) is 0 Å². The molecule has 17 heteroatoms. The molecule has 2 N–H and O–H groups in total. The maximum Gasteiger partial charge on any atom is 0.422 e. The minimum absolute atomic E-state index is 0.0703. The SMILES string of the molecule is CONC(=O)Nc1ccc(-c2sc3c(c2CN(C)C)c(=O)n(-c2ccc(OCC(F)(F)F)cn2)c(=O)n3Cc2c(F)cccc2F)cc1. The van der Waals surface area contributed by atoms with Crippen molar-refractivity contribution in [2.75, 3.05) is 33.1 Å². The Labute approximate surface area is 272 Å². The van der Waals surface area contributed by atoms with Crippen molar-refractivity contribution in [3.05, 3.63) is 104 Å². The molecule has 2 amide bonds. The van der Waals surface area contributed by atoms with Gasteiger partial charge in [-0.3, -0.25) is 14.2 Å². The van der Waals surface area contributed by atoms with Gasteiger partial charge in [0.15, 0.2) is 6.61 Å². The summed E-state index contributed by atoms with van der Waals surface area (Å²) >= 11 is 1.06. The fraction of sp³-hybridized carbons (Fsp3) is 0.226. The van der Waals surface area contributed by atoms with Crippen LogP contribution < -0.4 is 26.8 Å². The molecule has 2 aromatic carbocycles. The fourth-order valence-corrected chi connectivity index (χ4v) is 6.16. The zero-order valence-corrected chi connectivity index (χ0v) is 26.3. The first kappa shape index (κ1) is 34.2. The number of aromatic nitrogens is 3. The number of urea groups is 1. The van der Waals surface area contributed by atoms with Gasteiger partial charge >= 0.3 is 17.9 Å². The van der Waals surface area contributed by atoms with Crippen LogP contribution in [0.3, 0.4) is 0 Å². The molecule has 0 aliphatic heterocycles. The molecular formula is C31H27F5N6O5S. The van der Waals surface area contributed by atoms with Crippen LogP contribution in [0.2, 0.25) is 0 Å². The Morgan fingerprint density at radius 3 is 2.27 bits per heavy atom. The van der Waals surface area contributed by atoms with E-state index in [2.05, 4.69) is 20.6 Å². The molecule has 252 valence electrons. The van der Waals surface area contributed by atoms with Crippen molar-refractivity contribution in [2.45, 2.75) is 19.3 Å². The summed E-state index contributed by atoms with van der Waals surface area (Å²) in [5.41, 5.74) is 1.44. The van der Waals surface area contributed by atoms with Gasteiger partial charge in [-0.25, -0.2) is 33.4 Å². The fourth-order valence-electron chi connectivity index (χ4n) is 4.86. The number of carbonyl (C=O) groups is 1. The van der Waals surface area contributed by atoms with E-state index in [4.69, 9.17) is 4.74 Å². The Morgan fingerprint density at radius 1 is 1.00 bits per heavy atom. The van der Waals surface area contributed by atoms with Crippen molar-refractivity contribution < 1.29 is 36.3 Å². The zero-order valence-electron chi connectivity index (χ0n) is 25.5. The molecule has 5 aromatic rings. The molecule has 0 aliphatic rings. The summed E-state index contributed by atoms with van der Waals surface area (Å²) in [7, 11) is 4.81. The predicted molar refractivity (Wildman–Crippen MR) is 168 cm³/mol. The van der Waals surface area contributed by atoms with Crippen molar-refractivity contribution in [1.29, 1.82) is 0 Å². The van der Waals surface area contributed by atoms with Crippen molar-refractivity contribution >= 4 is 33.3 Å². The maximum atomic E-state index is 14.9. The van der Waals surface area contributed by atoms with E-state index in [9.17, 15) is 36.3 Å². The van der Waals surface area contributed by atoms with E-state index in [1.807, 2.05) is 0 Å². The van der Waals surface area contributed by atoms with E-state index in [0.29, 0.717) is 26.3 Å². The van der Waals surface area contributed by atoms with Gasteiger partial charge in [0.25, 0.3) is 5.56 Å². The summed E-state index contributed by atoms with van der Waals surface area (Å²) in [6, 6.07) is 11.5. The third-order valence-electron chi connectivity index (χ3n) is 6.88. The van der Waals surface area contributed by atoms with Crippen LogP contribution in [0.15, 0.2) is 70.4 Å². The molecular weight excluding hydrogens is 663 g/mol. The maximum absolute atomic E-state index is 14.9. The first-order chi connectivity index (χ1) is 22.8. The number of carbonyl (C=O) groups excluding carboxylic acids is 1. The molecule has 3 heterocycles. The van der Waals surface area contributed by atoms with Gasteiger partial charge in [-0.2, -0.15) is 13.2 Å². The van der Waals surface area contributed by atoms with Gasteiger partial charge < -0.3 is 15.0 Å². The van der Waals surface area contributed by atoms with Gasteiger partial charge in [0.1, 0.15) is 28.0 Å². The molecule has 0 fully saturated rings. The molecule has 5 rings (SSSR count). The monoisotopic (exact) mass is 690 g/mol. The van der Waals surface area contributed by atoms with E-state index in [-0.39, 0.29) is 28.3 Å². The summed E-state index contributed by atoms with van der Waals surface area (Å²) in [6.07, 6.45) is -3.67. The third-order valence-corrected chi connectivity index (χ3v) is 8.18. The van der Waals surface area contributed by atoms with E-state index < -0.39 is 53.8 Å². The van der Waals surface area contributed by atoms with E-state index in [1.165, 1.54) is 13.2 Å². The largest absolute Gasteiger partial charge is 0.483 e. The van der Waals surface area contributed by atoms with Crippen LogP contribution in [-0.2, 0) is 17.9 Å². The minimum atomic E-state index is -4.61. The molecule has 0 atom stereocenters. The van der Waals surface area contributed by atoms with Crippen molar-refractivity contribution in [1.82, 2.24) is 24.5 Å². The molecule has 0 unspecified atom stereocenters. The number of rotatable bonds is 10. The summed E-state index contributed by atoms with van der Waals surface area (Å²) in [5.74, 6) is -2.34. The third kappa shape index (κ3) is 7.37. The normalized spacial score (nSPS) is 11.7. The van der Waals surface area contributed by atoms with E-state index in [0.717, 1.165) is 46.4 Å². The molecule has 0 spiro atoms. The molecule has 0 radical (unpaired) electrons. The summed E-state index contributed by atoms with van der Waals surface area (Å²) < 4.78 is 74.2. The van der Waals surface area contributed by atoms with Crippen LogP contribution in [0, 0.1) is 11.6 Å². The summed E-state index contributed by atoms with van der Waals surface area (Å²) in [6.45, 7) is -1.98. The topological polar surface area (TPSA) is 120 Å². The van der Waals surface area contributed by atoms with Gasteiger partial charge in [0, 0.05) is 22.7 Å². The van der Waals surface area contributed by atoms with Gasteiger partial charge in [-0.15, -0.1) is 11.3 Å². The lowest BCUT2D eigenvalue weighted by molar-refractivity contribution is -0.153. The Hall–Kier alpha value is -5.13. The van der Waals surface area contributed by atoms with Crippen molar-refractivity contribution in [3.63, 3.8) is 0 Å². The van der Waals surface area contributed by atoms with Crippen LogP contribution in [0.4, 0.5) is 32.4 Å². The minimum Gasteiger partial charge on any atom is -0.483 e.